The molecule has 0 heterocycles. The lowest BCUT2D eigenvalue weighted by atomic mass is 10.0. The van der Waals surface area contributed by atoms with Gasteiger partial charge in [0.2, 0.25) is 11.8 Å². The van der Waals surface area contributed by atoms with E-state index in [-0.39, 0.29) is 32.4 Å². The molecule has 0 spiro atoms. The van der Waals surface area contributed by atoms with Crippen molar-refractivity contribution < 1.29 is 28.7 Å². The zero-order valence-corrected chi connectivity index (χ0v) is 23.4. The maximum Gasteiger partial charge on any atom is 0.408 e. The second kappa shape index (κ2) is 17.6. The topological polar surface area (TPSA) is 175 Å². The number of benzene rings is 1. The van der Waals surface area contributed by atoms with E-state index in [2.05, 4.69) is 26.1 Å². The zero-order valence-electron chi connectivity index (χ0n) is 23.4. The summed E-state index contributed by atoms with van der Waals surface area (Å²) >= 11 is 0. The van der Waals surface area contributed by atoms with Gasteiger partial charge in [-0.1, -0.05) is 48.8 Å². The lowest BCUT2D eigenvalue weighted by Crippen LogP contribution is -2.53. The first kappa shape index (κ1) is 33.2. The van der Waals surface area contributed by atoms with Gasteiger partial charge in [-0.15, -0.1) is 0 Å². The molecule has 0 saturated heterocycles. The molecule has 0 unspecified atom stereocenters. The molecular formula is C26H41N7O6. The summed E-state index contributed by atoms with van der Waals surface area (Å²) in [6.07, 6.45) is 1.09. The molecule has 1 aromatic carbocycles. The van der Waals surface area contributed by atoms with Gasteiger partial charge in [-0.3, -0.25) is 19.8 Å². The number of alkyl carbamates (subject to hydrolysis) is 1. The first-order valence-electron chi connectivity index (χ1n) is 12.9. The number of nitrogens with zero attached hydrogens (tertiary/aromatic N) is 4. The summed E-state index contributed by atoms with van der Waals surface area (Å²) in [7, 11) is 1.52. The second-order valence-corrected chi connectivity index (χ2v) is 10.0. The fraction of sp³-hybridized carbons (Fsp3) is 0.615. The van der Waals surface area contributed by atoms with E-state index >= 15 is 0 Å². The van der Waals surface area contributed by atoms with Crippen molar-refractivity contribution in [2.24, 2.45) is 5.11 Å². The van der Waals surface area contributed by atoms with E-state index < -0.39 is 41.6 Å². The van der Waals surface area contributed by atoms with Crippen LogP contribution in [0.15, 0.2) is 35.4 Å². The number of likely N-dealkylation sites (N-methyl/N-ethyl adjacent to an activating group) is 1. The molecule has 0 bridgehead atoms. The van der Waals surface area contributed by atoms with Gasteiger partial charge in [0.25, 0.3) is 0 Å². The van der Waals surface area contributed by atoms with Crippen LogP contribution in [0.3, 0.4) is 0 Å². The highest BCUT2D eigenvalue weighted by Crippen LogP contribution is 2.10. The van der Waals surface area contributed by atoms with E-state index in [1.165, 1.54) is 12.1 Å². The number of nitrogens with one attached hydrogen (secondary N) is 3. The van der Waals surface area contributed by atoms with Gasteiger partial charge in [-0.25, -0.2) is 9.80 Å². The Bertz CT molecular complexity index is 977. The minimum Gasteiger partial charge on any atom is -0.465 e. The summed E-state index contributed by atoms with van der Waals surface area (Å²) in [6, 6.07) is 7.42. The number of amides is 3. The summed E-state index contributed by atoms with van der Waals surface area (Å²) in [4.78, 5) is 53.0. The zero-order chi connectivity index (χ0) is 29.3. The third-order valence-electron chi connectivity index (χ3n) is 5.15. The summed E-state index contributed by atoms with van der Waals surface area (Å²) in [5, 5.41) is 10.2. The van der Waals surface area contributed by atoms with Gasteiger partial charge in [-0.2, -0.15) is 0 Å². The minimum atomic E-state index is -0.993. The Morgan fingerprint density at radius 3 is 2.44 bits per heavy atom. The number of carbonyl (C=O) groups is 4. The molecule has 0 radical (unpaired) electrons. The quantitative estimate of drug-likeness (QED) is 0.0712. The molecule has 216 valence electrons. The number of ether oxygens (including phenoxy) is 2. The Balaban J connectivity index is 2.89. The molecule has 0 aliphatic rings. The SMILES string of the molecule is CCCCOC(=O)CN(C)NC(=O)C[C@H](CCN=[N+]=[N-])NC(=O)[C@H](Cc1ccccc1)NC(=O)OC(C)(C)C. The predicted octanol–water partition coefficient (Wildman–Crippen LogP) is 3.00. The van der Waals surface area contributed by atoms with Crippen LogP contribution in [-0.2, 0) is 30.3 Å². The van der Waals surface area contributed by atoms with Crippen LogP contribution >= 0.6 is 0 Å². The third-order valence-corrected chi connectivity index (χ3v) is 5.15. The van der Waals surface area contributed by atoms with Crippen molar-refractivity contribution in [1.82, 2.24) is 21.1 Å². The van der Waals surface area contributed by atoms with Crippen LogP contribution in [0.25, 0.3) is 10.4 Å². The molecule has 0 aliphatic heterocycles. The molecule has 1 aromatic rings. The number of hydrogen-bond acceptors (Lipinski definition) is 8. The predicted molar refractivity (Wildman–Crippen MR) is 145 cm³/mol. The van der Waals surface area contributed by atoms with Crippen molar-refractivity contribution in [2.75, 3.05) is 26.7 Å². The standard InChI is InChI=1S/C26H41N7O6/c1-6-7-15-38-23(35)18-33(5)31-22(34)17-20(13-14-28-32-27)29-24(36)21(16-19-11-9-8-10-12-19)30-25(37)39-26(2,3)4/h8-12,20-21H,6-7,13-18H2,1-5H3,(H,29,36)(H,30,37)(H,31,34)/t20-,21-/m0/s1. The Labute approximate surface area is 229 Å². The van der Waals surface area contributed by atoms with Crippen LogP contribution in [0.2, 0.25) is 0 Å². The van der Waals surface area contributed by atoms with Crippen LogP contribution in [0.5, 0.6) is 0 Å². The van der Waals surface area contributed by atoms with Crippen molar-refractivity contribution in [2.45, 2.75) is 77.5 Å². The van der Waals surface area contributed by atoms with Gasteiger partial charge in [0.15, 0.2) is 0 Å². The molecule has 0 aromatic heterocycles. The van der Waals surface area contributed by atoms with Gasteiger partial charge in [0.05, 0.1) is 6.61 Å². The molecule has 0 saturated carbocycles. The lowest BCUT2D eigenvalue weighted by molar-refractivity contribution is -0.146. The smallest absolute Gasteiger partial charge is 0.408 e. The Morgan fingerprint density at radius 1 is 1.13 bits per heavy atom. The van der Waals surface area contributed by atoms with Gasteiger partial charge < -0.3 is 20.1 Å². The van der Waals surface area contributed by atoms with Gasteiger partial charge >= 0.3 is 12.1 Å². The number of unbranched alkanes of at least 4 members (excludes halogenated alkanes) is 1. The average Bonchev–Trinajstić information content (AvgIpc) is 2.83. The maximum atomic E-state index is 13.3. The number of hydrazine groups is 1. The van der Waals surface area contributed by atoms with Crippen molar-refractivity contribution in [3.63, 3.8) is 0 Å². The van der Waals surface area contributed by atoms with Crippen LogP contribution in [0.1, 0.15) is 58.9 Å². The van der Waals surface area contributed by atoms with Crippen molar-refractivity contribution >= 4 is 23.9 Å². The highest BCUT2D eigenvalue weighted by Gasteiger charge is 2.27. The Morgan fingerprint density at radius 2 is 1.82 bits per heavy atom. The average molecular weight is 548 g/mol. The van der Waals surface area contributed by atoms with E-state index in [0.29, 0.717) is 6.61 Å². The van der Waals surface area contributed by atoms with E-state index in [4.69, 9.17) is 15.0 Å². The van der Waals surface area contributed by atoms with E-state index in [0.717, 1.165) is 18.4 Å². The summed E-state index contributed by atoms with van der Waals surface area (Å²) < 4.78 is 10.4. The van der Waals surface area contributed by atoms with Crippen LogP contribution in [0, 0.1) is 0 Å². The molecule has 0 aliphatic carbocycles. The van der Waals surface area contributed by atoms with Crippen molar-refractivity contribution in [1.29, 1.82) is 0 Å². The molecule has 13 nitrogen and oxygen atoms in total. The Kier molecular flexibility index (Phi) is 15.0. The monoisotopic (exact) mass is 547 g/mol. The lowest BCUT2D eigenvalue weighted by Gasteiger charge is -2.26. The van der Waals surface area contributed by atoms with Crippen LogP contribution < -0.4 is 16.1 Å². The summed E-state index contributed by atoms with van der Waals surface area (Å²) in [5.41, 5.74) is 11.3. The number of hydrogen-bond donors (Lipinski definition) is 3. The highest BCUT2D eigenvalue weighted by molar-refractivity contribution is 5.87. The van der Waals surface area contributed by atoms with E-state index in [1.807, 2.05) is 37.3 Å². The van der Waals surface area contributed by atoms with Gasteiger partial charge in [0.1, 0.15) is 18.2 Å². The number of rotatable bonds is 16. The molecule has 0 fully saturated rings. The van der Waals surface area contributed by atoms with E-state index in [1.54, 1.807) is 20.8 Å². The fourth-order valence-electron chi connectivity index (χ4n) is 3.39. The second-order valence-electron chi connectivity index (χ2n) is 10.0. The molecular weight excluding hydrogens is 506 g/mol. The number of esters is 1. The van der Waals surface area contributed by atoms with E-state index in [9.17, 15) is 19.2 Å². The first-order chi connectivity index (χ1) is 18.4. The largest absolute Gasteiger partial charge is 0.465 e. The molecule has 13 heteroatoms. The highest BCUT2D eigenvalue weighted by atomic mass is 16.6. The minimum absolute atomic E-state index is 0.0389. The normalized spacial score (nSPS) is 12.5. The maximum absolute atomic E-state index is 13.3. The molecule has 3 N–H and O–H groups in total. The van der Waals surface area contributed by atoms with Crippen LogP contribution in [0.4, 0.5) is 4.79 Å². The number of carbonyl (C=O) groups excluding carboxylic acids is 4. The fourth-order valence-corrected chi connectivity index (χ4v) is 3.39. The van der Waals surface area contributed by atoms with Crippen molar-refractivity contribution in [3.05, 3.63) is 46.3 Å². The molecule has 1 rings (SSSR count). The first-order valence-corrected chi connectivity index (χ1v) is 12.9. The number of azide groups is 1. The van der Waals surface area contributed by atoms with Crippen molar-refractivity contribution in [3.8, 4) is 0 Å². The van der Waals surface area contributed by atoms with Crippen LogP contribution in [-0.4, -0.2) is 73.3 Å². The summed E-state index contributed by atoms with van der Waals surface area (Å²) in [6.45, 7) is 7.32. The molecule has 3 amide bonds. The summed E-state index contributed by atoms with van der Waals surface area (Å²) in [5.74, 6) is -1.47. The molecule has 2 atom stereocenters. The van der Waals surface area contributed by atoms with Gasteiger partial charge in [-0.05, 0) is 44.7 Å². The molecule has 39 heavy (non-hydrogen) atoms. The Hall–Kier alpha value is -3.83. The third kappa shape index (κ3) is 15.9. The van der Waals surface area contributed by atoms with Gasteiger partial charge in [0, 0.05) is 37.4 Å².